The van der Waals surface area contributed by atoms with Crippen molar-refractivity contribution in [1.82, 2.24) is 5.73 Å². The number of fused-ring (bicyclic) bond motifs is 1. The molecule has 2 nitrogen and oxygen atoms in total. The number of hydrogen-bond acceptors (Lipinski definition) is 1. The zero-order valence-electron chi connectivity index (χ0n) is 7.08. The van der Waals surface area contributed by atoms with Gasteiger partial charge in [0.05, 0.1) is 12.6 Å². The van der Waals surface area contributed by atoms with E-state index in [2.05, 4.69) is 0 Å². The van der Waals surface area contributed by atoms with Gasteiger partial charge in [-0.05, 0) is 6.07 Å². The molecular weight excluding hydrogens is 150 g/mol. The van der Waals surface area contributed by atoms with Gasteiger partial charge in [-0.1, -0.05) is 25.1 Å². The molecule has 2 heteroatoms. The Bertz CT molecular complexity index is 285. The summed E-state index contributed by atoms with van der Waals surface area (Å²) < 4.78 is 5.49. The highest BCUT2D eigenvalue weighted by molar-refractivity contribution is 5.37. The lowest BCUT2D eigenvalue weighted by Gasteiger charge is -2.27. The predicted molar refractivity (Wildman–Crippen MR) is 46.9 cm³/mol. The second kappa shape index (κ2) is 2.79. The van der Waals surface area contributed by atoms with Gasteiger partial charge in [-0.25, -0.2) is 5.73 Å². The lowest BCUT2D eigenvalue weighted by atomic mass is 9.93. The third kappa shape index (κ3) is 1.08. The molecule has 0 spiro atoms. The van der Waals surface area contributed by atoms with E-state index >= 15 is 0 Å². The maximum atomic E-state index is 7.88. The van der Waals surface area contributed by atoms with Crippen LogP contribution in [0.2, 0.25) is 0 Å². The lowest BCUT2D eigenvalue weighted by Crippen LogP contribution is -2.24. The second-order valence-corrected chi connectivity index (χ2v) is 3.30. The zero-order chi connectivity index (χ0) is 8.55. The van der Waals surface area contributed by atoms with Crippen LogP contribution in [0.3, 0.4) is 0 Å². The third-order valence-electron chi connectivity index (χ3n) is 2.32. The number of hydrogen-bond donors (Lipinski definition) is 0. The maximum Gasteiger partial charge on any atom is 0.124 e. The monoisotopic (exact) mass is 162 g/mol. The minimum Gasteiger partial charge on any atom is -0.493 e. The molecule has 1 aromatic rings. The van der Waals surface area contributed by atoms with Crippen molar-refractivity contribution >= 4 is 0 Å². The first-order valence-corrected chi connectivity index (χ1v) is 4.22. The molecule has 0 fully saturated rings. The van der Waals surface area contributed by atoms with Gasteiger partial charge in [-0.15, -0.1) is 0 Å². The van der Waals surface area contributed by atoms with Crippen molar-refractivity contribution in [2.45, 2.75) is 13.0 Å². The molecule has 0 bridgehead atoms. The molecule has 0 unspecified atom stereocenters. The molecular formula is C10H12NO. The Kier molecular flexibility index (Phi) is 1.77. The largest absolute Gasteiger partial charge is 0.493 e. The lowest BCUT2D eigenvalue weighted by molar-refractivity contribution is 0.204. The van der Waals surface area contributed by atoms with Crippen molar-refractivity contribution in [3.8, 4) is 5.75 Å². The van der Waals surface area contributed by atoms with Crippen molar-refractivity contribution in [3.05, 3.63) is 29.8 Å². The molecule has 0 aromatic heterocycles. The summed E-state index contributed by atoms with van der Waals surface area (Å²) in [4.78, 5) is 0. The van der Waals surface area contributed by atoms with Gasteiger partial charge in [-0.2, -0.15) is 0 Å². The van der Waals surface area contributed by atoms with Crippen LogP contribution in [0.1, 0.15) is 18.5 Å². The van der Waals surface area contributed by atoms with Gasteiger partial charge in [0.1, 0.15) is 5.75 Å². The fraction of sp³-hybridized carbons (Fsp3) is 0.400. The third-order valence-corrected chi connectivity index (χ3v) is 2.32. The molecule has 1 N–H and O–H groups in total. The summed E-state index contributed by atoms with van der Waals surface area (Å²) in [6, 6.07) is 7.70. The van der Waals surface area contributed by atoms with Crippen molar-refractivity contribution < 1.29 is 4.74 Å². The molecule has 0 saturated heterocycles. The second-order valence-electron chi connectivity index (χ2n) is 3.30. The Balaban J connectivity index is 2.42. The first kappa shape index (κ1) is 7.62. The van der Waals surface area contributed by atoms with Crippen LogP contribution in [0.4, 0.5) is 0 Å². The number of nitrogens with one attached hydrogen (secondary N) is 1. The molecule has 1 radical (unpaired) electrons. The average molecular weight is 162 g/mol. The Labute approximate surface area is 72.3 Å². The highest BCUT2D eigenvalue weighted by Gasteiger charge is 2.24. The highest BCUT2D eigenvalue weighted by Crippen LogP contribution is 2.33. The van der Waals surface area contributed by atoms with Crippen LogP contribution in [0.25, 0.3) is 0 Å². The van der Waals surface area contributed by atoms with Crippen molar-refractivity contribution in [2.24, 2.45) is 5.92 Å². The van der Waals surface area contributed by atoms with E-state index in [1.807, 2.05) is 31.2 Å². The van der Waals surface area contributed by atoms with Crippen LogP contribution < -0.4 is 10.5 Å². The molecule has 0 aliphatic carbocycles. The van der Waals surface area contributed by atoms with Gasteiger partial charge < -0.3 is 4.74 Å². The van der Waals surface area contributed by atoms with Crippen LogP contribution in [-0.2, 0) is 0 Å². The molecule has 1 heterocycles. The standard InChI is InChI=1S/C10H12NO/c1-7-6-12-9-5-3-2-4-8(9)10(7)11/h2-5,7,10-11H,6H2,1H3/t7-,10-/m1/s1. The molecule has 1 aliphatic heterocycles. The minimum absolute atomic E-state index is 0.116. The summed E-state index contributed by atoms with van der Waals surface area (Å²) in [5.41, 5.74) is 8.90. The van der Waals surface area contributed by atoms with Crippen LogP contribution in [0.15, 0.2) is 24.3 Å². The quantitative estimate of drug-likeness (QED) is 0.574. The van der Waals surface area contributed by atoms with Crippen LogP contribution >= 0.6 is 0 Å². The first-order valence-electron chi connectivity index (χ1n) is 4.22. The Morgan fingerprint density at radius 2 is 2.17 bits per heavy atom. The van der Waals surface area contributed by atoms with Gasteiger partial charge in [0.25, 0.3) is 0 Å². The summed E-state index contributed by atoms with van der Waals surface area (Å²) in [5, 5.41) is 0. The van der Waals surface area contributed by atoms with E-state index in [1.54, 1.807) is 0 Å². The van der Waals surface area contributed by atoms with Crippen LogP contribution in [0, 0.1) is 5.92 Å². The van der Waals surface area contributed by atoms with E-state index in [0.29, 0.717) is 12.5 Å². The molecule has 1 aromatic carbocycles. The van der Waals surface area contributed by atoms with Crippen molar-refractivity contribution in [1.29, 1.82) is 0 Å². The maximum absolute atomic E-state index is 7.88. The average Bonchev–Trinajstić information content (AvgIpc) is 2.12. The van der Waals surface area contributed by atoms with Crippen molar-refractivity contribution in [2.75, 3.05) is 6.61 Å². The first-order chi connectivity index (χ1) is 5.79. The minimum atomic E-state index is -0.116. The van der Waals surface area contributed by atoms with E-state index in [9.17, 15) is 0 Å². The predicted octanol–water partition coefficient (Wildman–Crippen LogP) is 2.04. The summed E-state index contributed by atoms with van der Waals surface area (Å²) in [6.07, 6.45) is 0. The van der Waals surface area contributed by atoms with E-state index in [-0.39, 0.29) is 6.04 Å². The van der Waals surface area contributed by atoms with E-state index < -0.39 is 0 Å². The van der Waals surface area contributed by atoms with E-state index in [0.717, 1.165) is 11.3 Å². The molecule has 0 amide bonds. The summed E-state index contributed by atoms with van der Waals surface area (Å²) in [5.74, 6) is 1.19. The topological polar surface area (TPSA) is 33.0 Å². The molecule has 2 rings (SSSR count). The number of para-hydroxylation sites is 1. The smallest absolute Gasteiger partial charge is 0.124 e. The Morgan fingerprint density at radius 1 is 1.42 bits per heavy atom. The summed E-state index contributed by atoms with van der Waals surface area (Å²) in [7, 11) is 0. The van der Waals surface area contributed by atoms with Crippen LogP contribution in [-0.4, -0.2) is 6.61 Å². The molecule has 1 aliphatic rings. The molecule has 0 saturated carbocycles. The van der Waals surface area contributed by atoms with Crippen molar-refractivity contribution in [3.63, 3.8) is 0 Å². The molecule has 12 heavy (non-hydrogen) atoms. The fourth-order valence-electron chi connectivity index (χ4n) is 1.49. The van der Waals surface area contributed by atoms with Gasteiger partial charge in [-0.3, -0.25) is 0 Å². The Morgan fingerprint density at radius 3 is 3.00 bits per heavy atom. The molecule has 2 atom stereocenters. The summed E-state index contributed by atoms with van der Waals surface area (Å²) >= 11 is 0. The Hall–Kier alpha value is -1.02. The van der Waals surface area contributed by atoms with Gasteiger partial charge in [0.2, 0.25) is 0 Å². The normalized spacial score (nSPS) is 27.5. The summed E-state index contributed by atoms with van der Waals surface area (Å²) in [6.45, 7) is 2.72. The number of ether oxygens (including phenoxy) is 1. The zero-order valence-corrected chi connectivity index (χ0v) is 7.08. The highest BCUT2D eigenvalue weighted by atomic mass is 16.5. The van der Waals surface area contributed by atoms with Crippen LogP contribution in [0.5, 0.6) is 5.75 Å². The number of benzene rings is 1. The van der Waals surface area contributed by atoms with E-state index in [1.165, 1.54) is 0 Å². The van der Waals surface area contributed by atoms with Gasteiger partial charge in [0, 0.05) is 11.5 Å². The SMILES string of the molecule is C[C@@H]1COc2ccccc2[C@@H]1[NH]. The molecule has 63 valence electrons. The van der Waals surface area contributed by atoms with Gasteiger partial charge >= 0.3 is 0 Å². The fourth-order valence-corrected chi connectivity index (χ4v) is 1.49. The number of rotatable bonds is 0. The van der Waals surface area contributed by atoms with Gasteiger partial charge in [0.15, 0.2) is 0 Å². The van der Waals surface area contributed by atoms with E-state index in [4.69, 9.17) is 10.5 Å².